The van der Waals surface area contributed by atoms with Crippen molar-refractivity contribution < 1.29 is 4.79 Å². The van der Waals surface area contributed by atoms with Crippen LogP contribution in [0.25, 0.3) is 0 Å². The lowest BCUT2D eigenvalue weighted by molar-refractivity contribution is 0.0959. The third kappa shape index (κ3) is 2.41. The van der Waals surface area contributed by atoms with E-state index in [1.807, 2.05) is 12.1 Å². The Morgan fingerprint density at radius 1 is 0.900 bits per heavy atom. The molecule has 6 rings (SSSR count). The molecule has 1 N–H and O–H groups in total. The minimum absolute atomic E-state index is 0.000201. The lowest BCUT2D eigenvalue weighted by Gasteiger charge is -2.41. The Morgan fingerprint density at radius 2 is 1.67 bits per heavy atom. The van der Waals surface area contributed by atoms with Gasteiger partial charge in [-0.2, -0.15) is 0 Å². The SMILES string of the molecule is Cc1ccccc1N1C2=CC=C3NC(=O)c4cc(I)ccc4N3C2c2ccccc21. The molecule has 1 atom stereocenters. The van der Waals surface area contributed by atoms with Crippen LogP contribution in [-0.2, 0) is 0 Å². The highest BCUT2D eigenvalue weighted by Crippen LogP contribution is 2.53. The summed E-state index contributed by atoms with van der Waals surface area (Å²) in [6.45, 7) is 2.15. The number of aryl methyl sites for hydroxylation is 1. The summed E-state index contributed by atoms with van der Waals surface area (Å²) < 4.78 is 1.05. The van der Waals surface area contributed by atoms with Crippen LogP contribution in [0.2, 0.25) is 0 Å². The maximum atomic E-state index is 12.7. The number of halogens is 1. The number of nitrogens with zero attached hydrogens (tertiary/aromatic N) is 2. The minimum Gasteiger partial charge on any atom is -0.314 e. The van der Waals surface area contributed by atoms with E-state index in [9.17, 15) is 4.79 Å². The van der Waals surface area contributed by atoms with Gasteiger partial charge < -0.3 is 15.1 Å². The lowest BCUT2D eigenvalue weighted by Crippen LogP contribution is -2.45. The molecule has 4 nitrogen and oxygen atoms in total. The Morgan fingerprint density at radius 3 is 2.50 bits per heavy atom. The Hall–Kier alpha value is -3.06. The highest BCUT2D eigenvalue weighted by molar-refractivity contribution is 14.1. The van der Waals surface area contributed by atoms with Crippen molar-refractivity contribution in [3.8, 4) is 0 Å². The standard InChI is InChI=1S/C25H18IN3O/c1-15-6-2-4-8-19(15)28-20-9-5-3-7-17(20)24-22(28)12-13-23-27-25(30)18-14-16(26)10-11-21(18)29(23)24/h2-14,24H,1H3,(H,27,30). The number of nitrogens with one attached hydrogen (secondary N) is 1. The Balaban J connectivity index is 1.60. The summed E-state index contributed by atoms with van der Waals surface area (Å²) >= 11 is 2.26. The maximum Gasteiger partial charge on any atom is 0.258 e. The molecule has 0 saturated heterocycles. The van der Waals surface area contributed by atoms with Gasteiger partial charge >= 0.3 is 0 Å². The second-order valence-corrected chi connectivity index (χ2v) is 8.96. The average molecular weight is 503 g/mol. The molecule has 5 heteroatoms. The first-order valence-corrected chi connectivity index (χ1v) is 11.0. The van der Waals surface area contributed by atoms with E-state index in [0.29, 0.717) is 5.56 Å². The first-order chi connectivity index (χ1) is 14.6. The van der Waals surface area contributed by atoms with Crippen molar-refractivity contribution in [3.05, 3.63) is 111 Å². The van der Waals surface area contributed by atoms with Gasteiger partial charge in [0.25, 0.3) is 5.91 Å². The van der Waals surface area contributed by atoms with Crippen LogP contribution in [0.4, 0.5) is 17.1 Å². The number of anilines is 3. The van der Waals surface area contributed by atoms with Crippen LogP contribution in [-0.4, -0.2) is 5.91 Å². The maximum absolute atomic E-state index is 12.7. The summed E-state index contributed by atoms with van der Waals surface area (Å²) in [5.41, 5.74) is 7.68. The number of rotatable bonds is 1. The van der Waals surface area contributed by atoms with Gasteiger partial charge in [-0.15, -0.1) is 0 Å². The van der Waals surface area contributed by atoms with Gasteiger partial charge in [-0.05, 0) is 77.6 Å². The topological polar surface area (TPSA) is 35.6 Å². The number of carbonyl (C=O) groups is 1. The smallest absolute Gasteiger partial charge is 0.258 e. The molecule has 3 aromatic rings. The van der Waals surface area contributed by atoms with E-state index in [-0.39, 0.29) is 11.9 Å². The highest BCUT2D eigenvalue weighted by Gasteiger charge is 2.44. The summed E-state index contributed by atoms with van der Waals surface area (Å²) in [6, 6.07) is 23.1. The molecule has 3 aliphatic heterocycles. The molecular formula is C25H18IN3O. The molecule has 3 aliphatic rings. The molecule has 1 unspecified atom stereocenters. The fourth-order valence-corrected chi connectivity index (χ4v) is 5.19. The molecule has 3 heterocycles. The summed E-state index contributed by atoms with van der Waals surface area (Å²) in [7, 11) is 0. The van der Waals surface area contributed by atoms with Gasteiger partial charge in [0.1, 0.15) is 11.9 Å². The molecule has 30 heavy (non-hydrogen) atoms. The zero-order valence-electron chi connectivity index (χ0n) is 16.3. The van der Waals surface area contributed by atoms with E-state index >= 15 is 0 Å². The van der Waals surface area contributed by atoms with Gasteiger partial charge in [0, 0.05) is 14.8 Å². The van der Waals surface area contributed by atoms with Gasteiger partial charge in [-0.1, -0.05) is 36.4 Å². The quantitative estimate of drug-likeness (QED) is 0.428. The number of fused-ring (bicyclic) bond motifs is 7. The summed E-state index contributed by atoms with van der Waals surface area (Å²) in [4.78, 5) is 17.4. The van der Waals surface area contributed by atoms with E-state index in [0.717, 1.165) is 15.1 Å². The molecule has 0 aliphatic carbocycles. The number of benzene rings is 3. The third-order valence-corrected chi connectivity index (χ3v) is 6.67. The molecule has 0 saturated carbocycles. The highest BCUT2D eigenvalue weighted by atomic mass is 127. The molecule has 0 aromatic heterocycles. The molecule has 0 bridgehead atoms. The zero-order valence-corrected chi connectivity index (χ0v) is 18.4. The fraction of sp³-hybridized carbons (Fsp3) is 0.0800. The Bertz CT molecular complexity index is 1290. The molecule has 0 radical (unpaired) electrons. The Labute approximate surface area is 188 Å². The van der Waals surface area contributed by atoms with Crippen LogP contribution in [0.1, 0.15) is 27.5 Å². The summed E-state index contributed by atoms with van der Waals surface area (Å²) in [5, 5.41) is 3.09. The first kappa shape index (κ1) is 17.8. The largest absolute Gasteiger partial charge is 0.314 e. The molecule has 0 spiro atoms. The van der Waals surface area contributed by atoms with Crippen molar-refractivity contribution >= 4 is 45.6 Å². The van der Waals surface area contributed by atoms with Crippen LogP contribution in [0, 0.1) is 10.5 Å². The van der Waals surface area contributed by atoms with E-state index in [1.54, 1.807) is 0 Å². The monoisotopic (exact) mass is 503 g/mol. The lowest BCUT2D eigenvalue weighted by atomic mass is 9.98. The van der Waals surface area contributed by atoms with Crippen molar-refractivity contribution in [3.63, 3.8) is 0 Å². The molecule has 1 amide bonds. The van der Waals surface area contributed by atoms with Gasteiger partial charge in [0.05, 0.1) is 22.6 Å². The second-order valence-electron chi connectivity index (χ2n) is 7.71. The number of hydrogen-bond acceptors (Lipinski definition) is 3. The fourth-order valence-electron chi connectivity index (χ4n) is 4.70. The van der Waals surface area contributed by atoms with Gasteiger partial charge in [-0.3, -0.25) is 4.79 Å². The van der Waals surface area contributed by atoms with E-state index < -0.39 is 0 Å². The number of allylic oxidation sites excluding steroid dienone is 2. The van der Waals surface area contributed by atoms with Crippen LogP contribution in [0.3, 0.4) is 0 Å². The van der Waals surface area contributed by atoms with Crippen molar-refractivity contribution in [2.45, 2.75) is 13.0 Å². The van der Waals surface area contributed by atoms with Crippen LogP contribution < -0.4 is 15.1 Å². The van der Waals surface area contributed by atoms with Gasteiger partial charge in [-0.25, -0.2) is 0 Å². The normalized spacial score (nSPS) is 18.6. The number of para-hydroxylation sites is 2. The van der Waals surface area contributed by atoms with Crippen LogP contribution in [0.5, 0.6) is 0 Å². The van der Waals surface area contributed by atoms with Crippen molar-refractivity contribution in [2.24, 2.45) is 0 Å². The zero-order chi connectivity index (χ0) is 20.4. The van der Waals surface area contributed by atoms with Crippen LogP contribution >= 0.6 is 22.6 Å². The van der Waals surface area contributed by atoms with E-state index in [1.165, 1.54) is 28.2 Å². The van der Waals surface area contributed by atoms with Crippen molar-refractivity contribution in [1.82, 2.24) is 5.32 Å². The predicted octanol–water partition coefficient (Wildman–Crippen LogP) is 5.78. The Kier molecular flexibility index (Phi) is 3.83. The first-order valence-electron chi connectivity index (χ1n) is 9.90. The predicted molar refractivity (Wildman–Crippen MR) is 128 cm³/mol. The molecule has 0 fully saturated rings. The van der Waals surface area contributed by atoms with Gasteiger partial charge in [0.15, 0.2) is 0 Å². The third-order valence-electron chi connectivity index (χ3n) is 6.00. The number of amides is 1. The molecular weight excluding hydrogens is 485 g/mol. The number of carbonyl (C=O) groups excluding carboxylic acids is 1. The number of hydrogen-bond donors (Lipinski definition) is 1. The average Bonchev–Trinajstić information content (AvgIpc) is 3.09. The van der Waals surface area contributed by atoms with Crippen LogP contribution in [0.15, 0.2) is 90.4 Å². The summed E-state index contributed by atoms with van der Waals surface area (Å²) in [6.07, 6.45) is 4.16. The summed E-state index contributed by atoms with van der Waals surface area (Å²) in [5.74, 6) is 0.772. The van der Waals surface area contributed by atoms with Crippen molar-refractivity contribution in [1.29, 1.82) is 0 Å². The minimum atomic E-state index is -0.0510. The van der Waals surface area contributed by atoms with Crippen molar-refractivity contribution in [2.75, 3.05) is 9.80 Å². The van der Waals surface area contributed by atoms with Gasteiger partial charge in [0.2, 0.25) is 0 Å². The van der Waals surface area contributed by atoms with E-state index in [2.05, 4.69) is 111 Å². The van der Waals surface area contributed by atoms with E-state index in [4.69, 9.17) is 0 Å². The second kappa shape index (κ2) is 6.47. The molecule has 3 aromatic carbocycles. The molecule has 146 valence electrons.